The molecule has 14 N–H and O–H groups in total. The molecule has 3 unspecified atom stereocenters. The Morgan fingerprint density at radius 2 is 1.11 bits per heavy atom. The highest BCUT2D eigenvalue weighted by Gasteiger charge is 2.73. The Kier molecular flexibility index (Phi) is 19.0. The van der Waals surface area contributed by atoms with Crippen LogP contribution in [-0.4, -0.2) is 263 Å². The fourth-order valence-corrected chi connectivity index (χ4v) is 17.5. The molecule has 0 spiro atoms. The molecule has 0 radical (unpaired) electrons. The number of rotatable bonds is 13. The van der Waals surface area contributed by atoms with Crippen LogP contribution in [0.1, 0.15) is 113 Å². The minimum absolute atomic E-state index is 0.0592. The first-order chi connectivity index (χ1) is 40.7. The van der Waals surface area contributed by atoms with Gasteiger partial charge in [-0.2, -0.15) is 0 Å². The number of aliphatic hydroxyl groups is 13. The second-order valence-electron chi connectivity index (χ2n) is 28.2. The summed E-state index contributed by atoms with van der Waals surface area (Å²) < 4.78 is 64.7. The Morgan fingerprint density at radius 1 is 0.563 bits per heavy atom. The molecule has 28 nitrogen and oxygen atoms in total. The molecule has 87 heavy (non-hydrogen) atoms. The lowest BCUT2D eigenvalue weighted by molar-refractivity contribution is -0.370. The summed E-state index contributed by atoms with van der Waals surface area (Å²) in [5.41, 5.74) is -4.17. The first kappa shape index (κ1) is 67.2. The maximum atomic E-state index is 15.5. The predicted octanol–water partition coefficient (Wildman–Crippen LogP) is -2.66. The minimum atomic E-state index is -1.95. The van der Waals surface area contributed by atoms with Crippen LogP contribution in [0, 0.1) is 50.2 Å². The van der Waals surface area contributed by atoms with Gasteiger partial charge in [0.15, 0.2) is 37.4 Å². The highest BCUT2D eigenvalue weighted by Crippen LogP contribution is 2.76. The number of hydrogen-bond donors (Lipinski definition) is 14. The molecule has 496 valence electrons. The Labute approximate surface area is 503 Å². The number of carbonyl (C=O) groups excluding carboxylic acids is 2. The van der Waals surface area contributed by atoms with Crippen LogP contribution in [0.3, 0.4) is 0 Å². The van der Waals surface area contributed by atoms with E-state index in [9.17, 15) is 81.1 Å². The molecule has 28 heteroatoms. The van der Waals surface area contributed by atoms with Gasteiger partial charge in [-0.05, 0) is 111 Å². The number of carboxylic acids is 1. The highest BCUT2D eigenvalue weighted by molar-refractivity contribution is 5.79. The number of aliphatic hydroxyl groups excluding tert-OH is 13. The van der Waals surface area contributed by atoms with Gasteiger partial charge in [-0.25, -0.2) is 0 Å². The standard InChI is InChI=1S/C59H92O28/c1-23-42(81-24(2)61)44(84-48-39(71)35(67)29(64)21-78-48)41(73)50(80-23)85-45-36(68)30(65)22-79-51(45)87-53(76)59-15-13-54(3,4)17-26(59)25-9-10-32-55(5)18-27(62)46(58(8,52(74)75)33(55)11-12-57(32,7)56(25,6)14-16-59)86-49-40(72)37(69)43(31(19-60)82-49)83-47-38(70)34(66)28(63)20-77-47/h9,23,26-51,60,62-73H,10-22H2,1-8H3,(H,74,75)/t23-,26?,27-,28+,29+,30+,31+,32?,33?,34-,35-,36+,37+,38+,39+,40+,41+,42-,43+,44-,45-,46-,47-,48-,49-,50-,51-,55+,56+,57+,58-,59-/m0/s1. The van der Waals surface area contributed by atoms with E-state index in [0.717, 1.165) is 12.5 Å². The first-order valence-electron chi connectivity index (χ1n) is 30.6. The van der Waals surface area contributed by atoms with Crippen molar-refractivity contribution in [3.8, 4) is 0 Å². The van der Waals surface area contributed by atoms with E-state index in [1.54, 1.807) is 0 Å². The van der Waals surface area contributed by atoms with Crippen LogP contribution < -0.4 is 0 Å². The van der Waals surface area contributed by atoms with Gasteiger partial charge in [0.1, 0.15) is 91.6 Å². The van der Waals surface area contributed by atoms with Gasteiger partial charge in [0.2, 0.25) is 6.29 Å². The number of ether oxygens (including phenoxy) is 11. The molecule has 0 aromatic carbocycles. The van der Waals surface area contributed by atoms with Crippen LogP contribution >= 0.6 is 0 Å². The number of carboxylic acid groups (broad SMARTS) is 1. The third-order valence-corrected chi connectivity index (χ3v) is 22.7. The van der Waals surface area contributed by atoms with Crippen molar-refractivity contribution in [3.63, 3.8) is 0 Å². The van der Waals surface area contributed by atoms with Gasteiger partial charge in [0.05, 0.1) is 49.5 Å². The molecule has 5 heterocycles. The fourth-order valence-electron chi connectivity index (χ4n) is 17.5. The predicted molar refractivity (Wildman–Crippen MR) is 289 cm³/mol. The van der Waals surface area contributed by atoms with Gasteiger partial charge in [0, 0.05) is 6.92 Å². The zero-order chi connectivity index (χ0) is 63.6. The lowest BCUT2D eigenvalue weighted by Crippen LogP contribution is -2.70. The molecule has 32 atom stereocenters. The van der Waals surface area contributed by atoms with Crippen molar-refractivity contribution in [2.24, 2.45) is 50.2 Å². The lowest BCUT2D eigenvalue weighted by Gasteiger charge is -2.71. The van der Waals surface area contributed by atoms with E-state index >= 15 is 4.79 Å². The van der Waals surface area contributed by atoms with Crippen molar-refractivity contribution in [1.29, 1.82) is 0 Å². The number of fused-ring (bicyclic) bond motifs is 7. The lowest BCUT2D eigenvalue weighted by atomic mass is 9.33. The van der Waals surface area contributed by atoms with Crippen LogP contribution in [0.25, 0.3) is 0 Å². The zero-order valence-electron chi connectivity index (χ0n) is 50.3. The summed E-state index contributed by atoms with van der Waals surface area (Å²) in [5, 5.41) is 153. The molecule has 10 rings (SSSR count). The molecule has 4 saturated carbocycles. The van der Waals surface area contributed by atoms with Crippen molar-refractivity contribution in [2.75, 3.05) is 26.4 Å². The Bertz CT molecular complexity index is 2520. The molecule has 5 aliphatic carbocycles. The number of allylic oxidation sites excluding steroid dienone is 2. The van der Waals surface area contributed by atoms with E-state index in [4.69, 9.17) is 52.1 Å². The third-order valence-electron chi connectivity index (χ3n) is 22.7. The van der Waals surface area contributed by atoms with E-state index < -0.39 is 231 Å². The molecular formula is C59H92O28. The van der Waals surface area contributed by atoms with Gasteiger partial charge >= 0.3 is 17.9 Å². The summed E-state index contributed by atoms with van der Waals surface area (Å²) in [4.78, 5) is 41.7. The van der Waals surface area contributed by atoms with Gasteiger partial charge in [-0.3, -0.25) is 14.4 Å². The van der Waals surface area contributed by atoms with Crippen molar-refractivity contribution >= 4 is 17.9 Å². The van der Waals surface area contributed by atoms with E-state index in [2.05, 4.69) is 33.8 Å². The summed E-state index contributed by atoms with van der Waals surface area (Å²) in [6.45, 7) is 12.6. The molecular weight excluding hydrogens is 1160 g/mol. The van der Waals surface area contributed by atoms with Crippen LogP contribution in [0.2, 0.25) is 0 Å². The summed E-state index contributed by atoms with van der Waals surface area (Å²) >= 11 is 0. The smallest absolute Gasteiger partial charge is 0.315 e. The van der Waals surface area contributed by atoms with Crippen molar-refractivity contribution in [3.05, 3.63) is 11.6 Å². The molecule has 5 aliphatic heterocycles. The minimum Gasteiger partial charge on any atom is -0.481 e. The molecule has 0 amide bonds. The third kappa shape index (κ3) is 11.3. The molecule has 0 aromatic heterocycles. The quantitative estimate of drug-likeness (QED) is 0.0508. The van der Waals surface area contributed by atoms with Crippen molar-refractivity contribution in [1.82, 2.24) is 0 Å². The average Bonchev–Trinajstić information content (AvgIpc) is 0.677. The molecule has 10 aliphatic rings. The van der Waals surface area contributed by atoms with Crippen molar-refractivity contribution in [2.45, 2.75) is 261 Å². The molecule has 5 saturated heterocycles. The number of carbonyl (C=O) groups is 3. The largest absolute Gasteiger partial charge is 0.481 e. The van der Waals surface area contributed by atoms with Gasteiger partial charge in [-0.15, -0.1) is 0 Å². The maximum absolute atomic E-state index is 15.5. The second-order valence-corrected chi connectivity index (χ2v) is 28.2. The van der Waals surface area contributed by atoms with Gasteiger partial charge in [-0.1, -0.05) is 46.3 Å². The summed E-state index contributed by atoms with van der Waals surface area (Å²) in [7, 11) is 0. The van der Waals surface area contributed by atoms with E-state index in [1.807, 2.05) is 6.92 Å². The Hall–Kier alpha value is -2.73. The summed E-state index contributed by atoms with van der Waals surface area (Å²) in [6, 6.07) is 0. The van der Waals surface area contributed by atoms with Gasteiger partial charge in [0.25, 0.3) is 0 Å². The normalized spacial score (nSPS) is 53.3. The topological polar surface area (TPSA) is 436 Å². The zero-order valence-corrected chi connectivity index (χ0v) is 50.3. The molecule has 0 aromatic rings. The van der Waals surface area contributed by atoms with Crippen LogP contribution in [0.15, 0.2) is 11.6 Å². The first-order valence-corrected chi connectivity index (χ1v) is 30.6. The van der Waals surface area contributed by atoms with E-state index in [1.165, 1.54) is 13.8 Å². The Morgan fingerprint density at radius 3 is 1.71 bits per heavy atom. The van der Waals surface area contributed by atoms with E-state index in [-0.39, 0.29) is 17.8 Å². The number of aliphatic carboxylic acids is 1. The van der Waals surface area contributed by atoms with E-state index in [0.29, 0.717) is 51.4 Å². The monoisotopic (exact) mass is 1250 g/mol. The van der Waals surface area contributed by atoms with Crippen molar-refractivity contribution < 1.29 is 138 Å². The SMILES string of the molecule is CC(=O)O[C@@H]1[C@@H](O[C@@H]2OC[C@@H](O)[C@H](O)[C@H]2O)[C@@H](O)[C@H](O[C@@H]2[C@H](OC(=O)[C@]34CCC(C)(C)CC3C3=CCC5[C@@]6(C)C[C@H](O)[C@H](O[C@@H]7O[C@H](CO)[C@@H](O[C@@H]8OC[C@@H](O)[C@H](O)[C@H]8O)[C@H](O)[C@H]7O)[C@@](C)(C(=O)O)C6CC[C@@]5(C)[C@]3(C)CC4)OC[C@@H](O)[C@H]2O)O[C@H]1C. The van der Waals surface area contributed by atoms with Gasteiger partial charge < -0.3 is 124 Å². The fraction of sp³-hybridized carbons (Fsp3) is 0.915. The average molecular weight is 1250 g/mol. The maximum Gasteiger partial charge on any atom is 0.315 e. The highest BCUT2D eigenvalue weighted by atomic mass is 16.8. The summed E-state index contributed by atoms with van der Waals surface area (Å²) in [6.07, 6.45) is -33.2. The Balaban J connectivity index is 0.884. The molecule has 0 bridgehead atoms. The summed E-state index contributed by atoms with van der Waals surface area (Å²) in [5.74, 6) is -3.97. The molecule has 9 fully saturated rings. The number of hydrogen-bond acceptors (Lipinski definition) is 27. The van der Waals surface area contributed by atoms with Crippen LogP contribution in [-0.2, 0) is 66.5 Å². The van der Waals surface area contributed by atoms with Crippen LogP contribution in [0.4, 0.5) is 0 Å². The van der Waals surface area contributed by atoms with Crippen LogP contribution in [0.5, 0.6) is 0 Å². The second kappa shape index (κ2) is 24.6. The number of esters is 2.